The number of fused-ring (bicyclic) bond motifs is 1. The molecule has 8 nitrogen and oxygen atoms in total. The van der Waals surface area contributed by atoms with Gasteiger partial charge in [-0.2, -0.15) is 23.4 Å². The second-order valence-corrected chi connectivity index (χ2v) is 7.88. The third-order valence-electron chi connectivity index (χ3n) is 5.63. The Morgan fingerprint density at radius 2 is 2.06 bits per heavy atom. The summed E-state index contributed by atoms with van der Waals surface area (Å²) in [6, 6.07) is 4.27. The van der Waals surface area contributed by atoms with Crippen LogP contribution in [-0.4, -0.2) is 38.8 Å². The topological polar surface area (TPSA) is 86.0 Å². The molecule has 0 fully saturated rings. The molecule has 1 aromatic carbocycles. The average molecular weight is 462 g/mol. The van der Waals surface area contributed by atoms with Crippen molar-refractivity contribution in [1.29, 1.82) is 0 Å². The van der Waals surface area contributed by atoms with Crippen molar-refractivity contribution in [2.24, 2.45) is 0 Å². The van der Waals surface area contributed by atoms with Crippen LogP contribution < -0.4 is 15.4 Å². The molecular formula is C22H25F3N6O2. The van der Waals surface area contributed by atoms with Gasteiger partial charge in [0.1, 0.15) is 17.1 Å². The first-order valence-electron chi connectivity index (χ1n) is 10.7. The van der Waals surface area contributed by atoms with Gasteiger partial charge in [-0.15, -0.1) is 0 Å². The number of methoxy groups -OCH3 is 1. The lowest BCUT2D eigenvalue weighted by Gasteiger charge is -2.34. The molecular weight excluding hydrogens is 437 g/mol. The van der Waals surface area contributed by atoms with E-state index in [0.717, 1.165) is 23.7 Å². The Labute approximate surface area is 188 Å². The minimum absolute atomic E-state index is 0.00959. The summed E-state index contributed by atoms with van der Waals surface area (Å²) in [5, 5.41) is 13.9. The van der Waals surface area contributed by atoms with Gasteiger partial charge in [-0.25, -0.2) is 4.68 Å². The van der Waals surface area contributed by atoms with Gasteiger partial charge < -0.3 is 15.4 Å². The van der Waals surface area contributed by atoms with Crippen LogP contribution in [-0.2, 0) is 6.54 Å². The van der Waals surface area contributed by atoms with Gasteiger partial charge in [0, 0.05) is 24.7 Å². The molecule has 1 aliphatic rings. The van der Waals surface area contributed by atoms with E-state index in [2.05, 4.69) is 27.8 Å². The van der Waals surface area contributed by atoms with Crippen molar-refractivity contribution in [2.75, 3.05) is 17.7 Å². The van der Waals surface area contributed by atoms with Crippen molar-refractivity contribution < 1.29 is 22.7 Å². The predicted molar refractivity (Wildman–Crippen MR) is 116 cm³/mol. The van der Waals surface area contributed by atoms with E-state index in [1.165, 1.54) is 13.3 Å². The first-order valence-corrected chi connectivity index (χ1v) is 10.7. The van der Waals surface area contributed by atoms with Gasteiger partial charge in [0.25, 0.3) is 5.91 Å². The molecule has 176 valence electrons. The van der Waals surface area contributed by atoms with Gasteiger partial charge in [-0.05, 0) is 12.5 Å². The molecule has 3 heterocycles. The van der Waals surface area contributed by atoms with Crippen LogP contribution in [0, 0.1) is 0 Å². The standard InChI is InChI=1S/C22H25F3N6O2/c1-3-4-9-30-13-14(11-26-30)28-21(32)16-12-27-31-19(22(23,24)25)10-17(29-20(16)31)15-7-5-6-8-18(15)33-2/h5-8,11-13,17,19,29H,3-4,9-10H2,1-2H3,(H,28,32)/t17-,19+/m0/s1. The zero-order chi connectivity index (χ0) is 23.6. The smallest absolute Gasteiger partial charge is 0.410 e. The van der Waals surface area contributed by atoms with Crippen molar-refractivity contribution in [3.63, 3.8) is 0 Å². The highest BCUT2D eigenvalue weighted by molar-refractivity contribution is 6.07. The molecule has 2 atom stereocenters. The van der Waals surface area contributed by atoms with Crippen molar-refractivity contribution in [3.8, 4) is 5.75 Å². The Kier molecular flexibility index (Phi) is 6.30. The summed E-state index contributed by atoms with van der Waals surface area (Å²) in [6.45, 7) is 2.78. The summed E-state index contributed by atoms with van der Waals surface area (Å²) >= 11 is 0. The monoisotopic (exact) mass is 462 g/mol. The van der Waals surface area contributed by atoms with E-state index >= 15 is 0 Å². The van der Waals surface area contributed by atoms with E-state index in [9.17, 15) is 18.0 Å². The molecule has 2 aromatic heterocycles. The maximum Gasteiger partial charge on any atom is 0.410 e. The van der Waals surface area contributed by atoms with Crippen LogP contribution in [0.15, 0.2) is 42.9 Å². The number of hydrogen-bond donors (Lipinski definition) is 2. The van der Waals surface area contributed by atoms with Crippen LogP contribution in [0.4, 0.5) is 24.7 Å². The molecule has 0 unspecified atom stereocenters. The van der Waals surface area contributed by atoms with E-state index in [0.29, 0.717) is 23.5 Å². The third kappa shape index (κ3) is 4.67. The molecule has 0 saturated carbocycles. The van der Waals surface area contributed by atoms with E-state index in [1.54, 1.807) is 35.1 Å². The average Bonchev–Trinajstić information content (AvgIpc) is 3.43. The van der Waals surface area contributed by atoms with Crippen LogP contribution >= 0.6 is 0 Å². The summed E-state index contributed by atoms with van der Waals surface area (Å²) in [5.74, 6) is -0.0925. The van der Waals surface area contributed by atoms with Crippen molar-refractivity contribution in [1.82, 2.24) is 19.6 Å². The summed E-state index contributed by atoms with van der Waals surface area (Å²) in [4.78, 5) is 12.9. The SMILES string of the molecule is CCCCn1cc(NC(=O)c2cnn3c2N[C@H](c2ccccc2OC)C[C@@H]3C(F)(F)F)cn1. The quantitative estimate of drug-likeness (QED) is 0.527. The van der Waals surface area contributed by atoms with Gasteiger partial charge >= 0.3 is 6.18 Å². The first kappa shape index (κ1) is 22.7. The van der Waals surface area contributed by atoms with E-state index in [1.807, 2.05) is 0 Å². The number of halogens is 3. The Bertz CT molecular complexity index is 1120. The number of amides is 1. The zero-order valence-corrected chi connectivity index (χ0v) is 18.3. The van der Waals surface area contributed by atoms with Crippen LogP contribution in [0.5, 0.6) is 5.75 Å². The number of nitrogens with zero attached hydrogens (tertiary/aromatic N) is 4. The second-order valence-electron chi connectivity index (χ2n) is 7.88. The van der Waals surface area contributed by atoms with Gasteiger partial charge in [-0.1, -0.05) is 31.5 Å². The lowest BCUT2D eigenvalue weighted by molar-refractivity contribution is -0.173. The van der Waals surface area contributed by atoms with Crippen LogP contribution in [0.3, 0.4) is 0 Å². The molecule has 0 saturated heterocycles. The molecule has 4 rings (SSSR count). The summed E-state index contributed by atoms with van der Waals surface area (Å²) in [5.41, 5.74) is 1.05. The van der Waals surface area contributed by atoms with E-state index in [4.69, 9.17) is 4.74 Å². The number of unbranched alkanes of at least 4 members (excludes halogenated alkanes) is 1. The number of benzene rings is 1. The molecule has 1 amide bonds. The highest BCUT2D eigenvalue weighted by Gasteiger charge is 2.47. The Morgan fingerprint density at radius 3 is 2.79 bits per heavy atom. The van der Waals surface area contributed by atoms with Gasteiger partial charge in [0.2, 0.25) is 0 Å². The number of aromatic nitrogens is 4. The number of anilines is 2. The minimum Gasteiger partial charge on any atom is -0.496 e. The largest absolute Gasteiger partial charge is 0.496 e. The third-order valence-corrected chi connectivity index (χ3v) is 5.63. The zero-order valence-electron chi connectivity index (χ0n) is 18.3. The Morgan fingerprint density at radius 1 is 1.27 bits per heavy atom. The normalized spacial score (nSPS) is 17.8. The number of para-hydroxylation sites is 1. The highest BCUT2D eigenvalue weighted by Crippen LogP contribution is 2.45. The van der Waals surface area contributed by atoms with E-state index < -0.39 is 24.2 Å². The molecule has 33 heavy (non-hydrogen) atoms. The van der Waals surface area contributed by atoms with Gasteiger partial charge in [0.05, 0.1) is 31.2 Å². The molecule has 3 aromatic rings. The number of carbonyl (C=O) groups is 1. The van der Waals surface area contributed by atoms with Crippen molar-refractivity contribution >= 4 is 17.4 Å². The highest BCUT2D eigenvalue weighted by atomic mass is 19.4. The van der Waals surface area contributed by atoms with Crippen molar-refractivity contribution in [2.45, 2.75) is 51.0 Å². The lowest BCUT2D eigenvalue weighted by atomic mass is 9.95. The van der Waals surface area contributed by atoms with Gasteiger partial charge in [-0.3, -0.25) is 9.48 Å². The summed E-state index contributed by atoms with van der Waals surface area (Å²) in [7, 11) is 1.46. The molecule has 0 radical (unpaired) electrons. The van der Waals surface area contributed by atoms with Gasteiger partial charge in [0.15, 0.2) is 6.04 Å². The summed E-state index contributed by atoms with van der Waals surface area (Å²) in [6.07, 6.45) is 1.46. The minimum atomic E-state index is -4.54. The lowest BCUT2D eigenvalue weighted by Crippen LogP contribution is -2.36. The number of hydrogen-bond acceptors (Lipinski definition) is 5. The van der Waals surface area contributed by atoms with E-state index in [-0.39, 0.29) is 17.8 Å². The number of ether oxygens (including phenoxy) is 1. The fourth-order valence-electron chi connectivity index (χ4n) is 3.96. The van der Waals surface area contributed by atoms with Crippen molar-refractivity contribution in [3.05, 3.63) is 54.0 Å². The number of aryl methyl sites for hydroxylation is 1. The van der Waals surface area contributed by atoms with Crippen LogP contribution in [0.25, 0.3) is 0 Å². The Balaban J connectivity index is 1.64. The molecule has 2 N–H and O–H groups in total. The number of rotatable bonds is 7. The van der Waals surface area contributed by atoms with Crippen LogP contribution in [0.2, 0.25) is 0 Å². The molecule has 0 aliphatic carbocycles. The molecule has 1 aliphatic heterocycles. The summed E-state index contributed by atoms with van der Waals surface area (Å²) < 4.78 is 49.7. The molecule has 0 spiro atoms. The maximum absolute atomic E-state index is 13.9. The Hall–Kier alpha value is -3.50. The number of nitrogens with one attached hydrogen (secondary N) is 2. The molecule has 0 bridgehead atoms. The fraction of sp³-hybridized carbons (Fsp3) is 0.409. The fourth-order valence-corrected chi connectivity index (χ4v) is 3.96. The first-order chi connectivity index (χ1) is 15.8. The number of alkyl halides is 3. The second kappa shape index (κ2) is 9.16. The van der Waals surface area contributed by atoms with Crippen LogP contribution in [0.1, 0.15) is 54.2 Å². The predicted octanol–water partition coefficient (Wildman–Crippen LogP) is 4.80. The molecule has 11 heteroatoms. The number of carbonyl (C=O) groups excluding carboxylic acids is 1. The maximum atomic E-state index is 13.9.